The van der Waals surface area contributed by atoms with Crippen molar-refractivity contribution < 1.29 is 0 Å². The van der Waals surface area contributed by atoms with Gasteiger partial charge in [0.05, 0.1) is 0 Å². The molecule has 2 N–H and O–H groups in total. The number of benzene rings is 1. The zero-order valence-electron chi connectivity index (χ0n) is 9.28. The minimum absolute atomic E-state index is 0.809. The van der Waals surface area contributed by atoms with Crippen LogP contribution in [-0.2, 0) is 12.8 Å². The van der Waals surface area contributed by atoms with Crippen LogP contribution in [0.2, 0.25) is 0 Å². The first-order chi connectivity index (χ1) is 7.40. The minimum atomic E-state index is 0.809. The summed E-state index contributed by atoms with van der Waals surface area (Å²) < 4.78 is 0. The van der Waals surface area contributed by atoms with Crippen molar-refractivity contribution in [2.45, 2.75) is 19.3 Å². The summed E-state index contributed by atoms with van der Waals surface area (Å²) >= 11 is 0. The van der Waals surface area contributed by atoms with Crippen LogP contribution in [0.4, 0.5) is 0 Å². The van der Waals surface area contributed by atoms with Crippen molar-refractivity contribution in [2.24, 2.45) is 5.73 Å². The predicted molar refractivity (Wildman–Crippen MR) is 64.0 cm³/mol. The lowest BCUT2D eigenvalue weighted by atomic mass is 10.0. The van der Waals surface area contributed by atoms with Gasteiger partial charge in [-0.3, -0.25) is 0 Å². The van der Waals surface area contributed by atoms with Gasteiger partial charge in [-0.1, -0.05) is 24.3 Å². The molecule has 0 spiro atoms. The van der Waals surface area contributed by atoms with Crippen LogP contribution in [-0.4, -0.2) is 31.1 Å². The molecule has 0 fully saturated rings. The van der Waals surface area contributed by atoms with Crippen LogP contribution >= 0.6 is 0 Å². The van der Waals surface area contributed by atoms with E-state index in [0.717, 1.165) is 19.5 Å². The highest BCUT2D eigenvalue weighted by Crippen LogP contribution is 2.15. The van der Waals surface area contributed by atoms with Crippen LogP contribution in [0, 0.1) is 0 Å². The Morgan fingerprint density at radius 3 is 2.20 bits per heavy atom. The minimum Gasteiger partial charge on any atom is -0.330 e. The molecule has 1 aliphatic rings. The Morgan fingerprint density at radius 2 is 1.67 bits per heavy atom. The Bertz CT molecular complexity index is 282. The van der Waals surface area contributed by atoms with Gasteiger partial charge in [0, 0.05) is 13.1 Å². The number of hydrogen-bond acceptors (Lipinski definition) is 2. The molecule has 0 bridgehead atoms. The maximum absolute atomic E-state index is 5.54. The van der Waals surface area contributed by atoms with Gasteiger partial charge in [-0.25, -0.2) is 0 Å². The van der Waals surface area contributed by atoms with Crippen LogP contribution < -0.4 is 5.73 Å². The smallest absolute Gasteiger partial charge is 0.00221 e. The monoisotopic (exact) mass is 204 g/mol. The first-order valence-corrected chi connectivity index (χ1v) is 5.89. The van der Waals surface area contributed by atoms with E-state index in [4.69, 9.17) is 5.73 Å². The fraction of sp³-hybridized carbons (Fsp3) is 0.538. The molecule has 82 valence electrons. The maximum atomic E-state index is 5.54. The number of nitrogens with zero attached hydrogens (tertiary/aromatic N) is 1. The van der Waals surface area contributed by atoms with Crippen molar-refractivity contribution in [3.8, 4) is 0 Å². The average molecular weight is 204 g/mol. The third-order valence-electron chi connectivity index (χ3n) is 3.19. The number of nitrogens with two attached hydrogens (primary N) is 1. The second-order valence-corrected chi connectivity index (χ2v) is 4.25. The number of hydrogen-bond donors (Lipinski definition) is 1. The molecule has 0 aliphatic carbocycles. The Morgan fingerprint density at radius 1 is 1.07 bits per heavy atom. The normalized spacial score (nSPS) is 17.1. The van der Waals surface area contributed by atoms with Crippen molar-refractivity contribution in [2.75, 3.05) is 26.2 Å². The molecule has 2 nitrogen and oxygen atoms in total. The van der Waals surface area contributed by atoms with Crippen LogP contribution in [0.3, 0.4) is 0 Å². The van der Waals surface area contributed by atoms with Crippen LogP contribution in [0.1, 0.15) is 17.5 Å². The van der Waals surface area contributed by atoms with Crippen LogP contribution in [0.5, 0.6) is 0 Å². The van der Waals surface area contributed by atoms with E-state index in [-0.39, 0.29) is 0 Å². The fourth-order valence-electron chi connectivity index (χ4n) is 2.25. The first kappa shape index (κ1) is 10.7. The van der Waals surface area contributed by atoms with Gasteiger partial charge in [0.2, 0.25) is 0 Å². The number of fused-ring (bicyclic) bond motifs is 1. The summed E-state index contributed by atoms with van der Waals surface area (Å²) in [5, 5.41) is 0. The highest BCUT2D eigenvalue weighted by Gasteiger charge is 2.12. The third kappa shape index (κ3) is 2.80. The quantitative estimate of drug-likeness (QED) is 0.807. The molecule has 15 heavy (non-hydrogen) atoms. The zero-order valence-corrected chi connectivity index (χ0v) is 9.28. The van der Waals surface area contributed by atoms with Crippen molar-refractivity contribution in [3.05, 3.63) is 35.4 Å². The summed E-state index contributed by atoms with van der Waals surface area (Å²) in [6.07, 6.45) is 3.51. The highest BCUT2D eigenvalue weighted by atomic mass is 15.1. The second kappa shape index (κ2) is 5.29. The van der Waals surface area contributed by atoms with Gasteiger partial charge < -0.3 is 10.6 Å². The molecule has 0 atom stereocenters. The van der Waals surface area contributed by atoms with Crippen LogP contribution in [0.15, 0.2) is 24.3 Å². The third-order valence-corrected chi connectivity index (χ3v) is 3.19. The molecular formula is C13H20N2. The molecule has 1 aromatic carbocycles. The standard InChI is InChI=1S/C13H20N2/c14-8-3-9-15-10-6-12-4-1-2-5-13(12)7-11-15/h1-2,4-5H,3,6-11,14H2. The molecule has 2 rings (SSSR count). The average Bonchev–Trinajstić information content (AvgIpc) is 2.49. The summed E-state index contributed by atoms with van der Waals surface area (Å²) in [5.74, 6) is 0. The summed E-state index contributed by atoms with van der Waals surface area (Å²) in [6.45, 7) is 4.35. The van der Waals surface area contributed by atoms with Gasteiger partial charge in [-0.15, -0.1) is 0 Å². The summed E-state index contributed by atoms with van der Waals surface area (Å²) in [4.78, 5) is 2.53. The summed E-state index contributed by atoms with van der Waals surface area (Å²) in [5.41, 5.74) is 8.61. The lowest BCUT2D eigenvalue weighted by Gasteiger charge is -2.18. The molecule has 0 aromatic heterocycles. The lowest BCUT2D eigenvalue weighted by Crippen LogP contribution is -2.28. The topological polar surface area (TPSA) is 29.3 Å². The van der Waals surface area contributed by atoms with Crippen LogP contribution in [0.25, 0.3) is 0 Å². The SMILES string of the molecule is NCCCN1CCc2ccccc2CC1. The molecule has 0 radical (unpaired) electrons. The van der Waals surface area contributed by atoms with Crippen molar-refractivity contribution in [1.29, 1.82) is 0 Å². The predicted octanol–water partition coefficient (Wildman–Crippen LogP) is 1.44. The van der Waals surface area contributed by atoms with Crippen molar-refractivity contribution >= 4 is 0 Å². The Labute approximate surface area is 92.1 Å². The first-order valence-electron chi connectivity index (χ1n) is 5.89. The molecule has 0 unspecified atom stereocenters. The van der Waals surface area contributed by atoms with Gasteiger partial charge in [-0.2, -0.15) is 0 Å². The maximum Gasteiger partial charge on any atom is 0.00221 e. The van der Waals surface area contributed by atoms with E-state index in [9.17, 15) is 0 Å². The molecule has 0 saturated heterocycles. The van der Waals surface area contributed by atoms with Gasteiger partial charge in [0.1, 0.15) is 0 Å². The highest BCUT2D eigenvalue weighted by molar-refractivity contribution is 5.28. The van der Waals surface area contributed by atoms with E-state index in [0.29, 0.717) is 0 Å². The molecule has 0 saturated carbocycles. The molecular weight excluding hydrogens is 184 g/mol. The molecule has 0 amide bonds. The van der Waals surface area contributed by atoms with Gasteiger partial charge in [0.25, 0.3) is 0 Å². The molecule has 1 heterocycles. The molecule has 1 aliphatic heterocycles. The van der Waals surface area contributed by atoms with E-state index >= 15 is 0 Å². The Balaban J connectivity index is 1.96. The van der Waals surface area contributed by atoms with Gasteiger partial charge >= 0.3 is 0 Å². The van der Waals surface area contributed by atoms with E-state index in [1.54, 1.807) is 0 Å². The van der Waals surface area contributed by atoms with Crippen molar-refractivity contribution in [3.63, 3.8) is 0 Å². The fourth-order valence-corrected chi connectivity index (χ4v) is 2.25. The largest absolute Gasteiger partial charge is 0.330 e. The van der Waals surface area contributed by atoms with Gasteiger partial charge in [-0.05, 0) is 43.5 Å². The second-order valence-electron chi connectivity index (χ2n) is 4.25. The van der Waals surface area contributed by atoms with E-state index in [2.05, 4.69) is 29.2 Å². The summed E-state index contributed by atoms with van der Waals surface area (Å²) in [7, 11) is 0. The van der Waals surface area contributed by atoms with E-state index < -0.39 is 0 Å². The van der Waals surface area contributed by atoms with E-state index in [1.807, 2.05) is 0 Å². The van der Waals surface area contributed by atoms with Gasteiger partial charge in [0.15, 0.2) is 0 Å². The molecule has 1 aromatic rings. The zero-order chi connectivity index (χ0) is 10.5. The van der Waals surface area contributed by atoms with Crippen molar-refractivity contribution in [1.82, 2.24) is 4.90 Å². The lowest BCUT2D eigenvalue weighted by molar-refractivity contribution is 0.285. The Kier molecular flexibility index (Phi) is 3.75. The Hall–Kier alpha value is -0.860. The van der Waals surface area contributed by atoms with E-state index in [1.165, 1.54) is 37.1 Å². The summed E-state index contributed by atoms with van der Waals surface area (Å²) in [6, 6.07) is 8.83. The number of rotatable bonds is 3. The molecule has 2 heteroatoms.